The van der Waals surface area contributed by atoms with Crippen LogP contribution < -0.4 is 0 Å². The van der Waals surface area contributed by atoms with Gasteiger partial charge in [0.05, 0.1) is 5.69 Å². The maximum absolute atomic E-state index is 8.13. The molecule has 0 saturated heterocycles. The van der Waals surface area contributed by atoms with E-state index in [1.807, 2.05) is 42.5 Å². The van der Waals surface area contributed by atoms with Gasteiger partial charge in [0.15, 0.2) is 0 Å². The third-order valence-electron chi connectivity index (χ3n) is 5.52. The standard InChI is InChI=1S/C27H19NO/c1-16-11-12-28-24(13-16)21-10-7-17(2)26-23-14-19-9-8-18-5-3-4-6-20(18)22(19)15-25(23)29-27(21)26/h3-15H,1-2H3/i1D3,2D3. The number of rotatable bonds is 1. The molecule has 2 nitrogen and oxygen atoms in total. The first-order valence-corrected chi connectivity index (χ1v) is 9.39. The predicted molar refractivity (Wildman–Crippen MR) is 121 cm³/mol. The summed E-state index contributed by atoms with van der Waals surface area (Å²) in [6.07, 6.45) is 1.45. The van der Waals surface area contributed by atoms with E-state index >= 15 is 0 Å². The Balaban J connectivity index is 1.72. The number of aryl methyl sites for hydroxylation is 2. The number of nitrogens with zero attached hydrogens (tertiary/aromatic N) is 1. The van der Waals surface area contributed by atoms with Crippen LogP contribution in [-0.4, -0.2) is 4.98 Å². The average Bonchev–Trinajstić information content (AvgIpc) is 3.19. The highest BCUT2D eigenvalue weighted by molar-refractivity contribution is 6.18. The molecular weight excluding hydrogens is 354 g/mol. The van der Waals surface area contributed by atoms with Crippen LogP contribution in [0.4, 0.5) is 0 Å². The fourth-order valence-corrected chi connectivity index (χ4v) is 4.16. The van der Waals surface area contributed by atoms with Gasteiger partial charge in [-0.05, 0) is 76.7 Å². The zero-order valence-electron chi connectivity index (χ0n) is 21.4. The second kappa shape index (κ2) is 5.92. The van der Waals surface area contributed by atoms with Crippen LogP contribution in [0.3, 0.4) is 0 Å². The van der Waals surface area contributed by atoms with Crippen molar-refractivity contribution in [3.63, 3.8) is 0 Å². The molecule has 0 aliphatic rings. The zero-order valence-corrected chi connectivity index (χ0v) is 15.4. The summed E-state index contributed by atoms with van der Waals surface area (Å²) in [6.45, 7) is -4.65. The normalized spacial score (nSPS) is 15.7. The summed E-state index contributed by atoms with van der Waals surface area (Å²) < 4.78 is 54.0. The first-order valence-electron chi connectivity index (χ1n) is 12.4. The molecule has 0 atom stereocenters. The SMILES string of the molecule is [2H]C([2H])([2H])c1ccnc(-c2ccc(C([2H])([2H])[2H])c3c2oc2cc4c(ccc5ccccc54)cc23)c1. The topological polar surface area (TPSA) is 26.0 Å². The number of hydrogen-bond donors (Lipinski definition) is 0. The van der Waals surface area contributed by atoms with Gasteiger partial charge in [-0.1, -0.05) is 42.5 Å². The maximum atomic E-state index is 8.13. The Kier molecular flexibility index (Phi) is 2.32. The lowest BCUT2D eigenvalue weighted by Crippen LogP contribution is -1.86. The van der Waals surface area contributed by atoms with E-state index in [1.54, 1.807) is 12.1 Å². The van der Waals surface area contributed by atoms with E-state index in [9.17, 15) is 0 Å². The molecule has 0 N–H and O–H groups in total. The number of hydrogen-bond acceptors (Lipinski definition) is 2. The molecule has 138 valence electrons. The molecule has 0 amide bonds. The van der Waals surface area contributed by atoms with Gasteiger partial charge in [-0.15, -0.1) is 0 Å². The van der Waals surface area contributed by atoms with Crippen LogP contribution in [0.15, 0.2) is 83.4 Å². The quantitative estimate of drug-likeness (QED) is 0.275. The Labute approximate surface area is 176 Å². The molecule has 0 bridgehead atoms. The minimum absolute atomic E-state index is 0.156. The van der Waals surface area contributed by atoms with Crippen LogP contribution >= 0.6 is 0 Å². The van der Waals surface area contributed by atoms with Crippen molar-refractivity contribution in [3.8, 4) is 11.3 Å². The lowest BCUT2D eigenvalue weighted by Gasteiger charge is -2.05. The van der Waals surface area contributed by atoms with Gasteiger partial charge in [-0.3, -0.25) is 4.98 Å². The second-order valence-electron chi connectivity index (χ2n) is 7.25. The van der Waals surface area contributed by atoms with Gasteiger partial charge >= 0.3 is 0 Å². The van der Waals surface area contributed by atoms with Gasteiger partial charge in [-0.2, -0.15) is 0 Å². The molecule has 0 radical (unpaired) electrons. The van der Waals surface area contributed by atoms with Crippen LogP contribution in [0.5, 0.6) is 0 Å². The van der Waals surface area contributed by atoms with E-state index in [0.29, 0.717) is 33.2 Å². The van der Waals surface area contributed by atoms with Crippen molar-refractivity contribution in [2.45, 2.75) is 13.7 Å². The highest BCUT2D eigenvalue weighted by atomic mass is 16.3. The monoisotopic (exact) mass is 379 g/mol. The van der Waals surface area contributed by atoms with E-state index < -0.39 is 13.7 Å². The number of pyridine rings is 1. The van der Waals surface area contributed by atoms with Crippen LogP contribution in [0, 0.1) is 13.7 Å². The molecule has 0 fully saturated rings. The fourth-order valence-electron chi connectivity index (χ4n) is 4.16. The summed E-state index contributed by atoms with van der Waals surface area (Å²) in [5.41, 5.74) is 2.24. The van der Waals surface area contributed by atoms with E-state index in [2.05, 4.69) is 11.1 Å². The number of fused-ring (bicyclic) bond motifs is 6. The molecule has 0 spiro atoms. The van der Waals surface area contributed by atoms with Crippen molar-refractivity contribution in [1.29, 1.82) is 0 Å². The first-order chi connectivity index (χ1) is 16.6. The highest BCUT2D eigenvalue weighted by Crippen LogP contribution is 2.40. The van der Waals surface area contributed by atoms with Crippen LogP contribution in [0.1, 0.15) is 19.4 Å². The summed E-state index contributed by atoms with van der Waals surface area (Å²) >= 11 is 0. The molecule has 6 rings (SSSR count). The number of furan rings is 1. The minimum Gasteiger partial charge on any atom is -0.455 e. The molecule has 0 saturated carbocycles. The molecule has 2 heteroatoms. The maximum Gasteiger partial charge on any atom is 0.145 e. The van der Waals surface area contributed by atoms with Crippen molar-refractivity contribution < 1.29 is 12.6 Å². The van der Waals surface area contributed by atoms with E-state index in [1.165, 1.54) is 18.3 Å². The summed E-state index contributed by atoms with van der Waals surface area (Å²) in [4.78, 5) is 4.38. The number of aromatic nitrogens is 1. The summed E-state index contributed by atoms with van der Waals surface area (Å²) in [5.74, 6) is 0. The lowest BCUT2D eigenvalue weighted by atomic mass is 9.98. The Bertz CT molecular complexity index is 1780. The summed E-state index contributed by atoms with van der Waals surface area (Å²) in [7, 11) is 0. The van der Waals surface area contributed by atoms with E-state index in [0.717, 1.165) is 21.5 Å². The second-order valence-corrected chi connectivity index (χ2v) is 7.25. The molecule has 2 heterocycles. The molecule has 0 unspecified atom stereocenters. The Morgan fingerprint density at radius 3 is 2.66 bits per heavy atom. The van der Waals surface area contributed by atoms with Gasteiger partial charge in [0.25, 0.3) is 0 Å². The van der Waals surface area contributed by atoms with Crippen molar-refractivity contribution in [2.75, 3.05) is 0 Å². The third kappa shape index (κ3) is 2.39. The van der Waals surface area contributed by atoms with Crippen molar-refractivity contribution in [3.05, 3.63) is 90.1 Å². The van der Waals surface area contributed by atoms with Crippen LogP contribution in [0.2, 0.25) is 0 Å². The lowest BCUT2D eigenvalue weighted by molar-refractivity contribution is 0.670. The Hall–Kier alpha value is -3.65. The zero-order chi connectivity index (χ0) is 24.5. The van der Waals surface area contributed by atoms with Crippen molar-refractivity contribution in [1.82, 2.24) is 4.98 Å². The van der Waals surface area contributed by atoms with Gasteiger partial charge in [0.1, 0.15) is 11.2 Å². The fraction of sp³-hybridized carbons (Fsp3) is 0.0741. The number of benzene rings is 4. The average molecular weight is 379 g/mol. The molecule has 0 aliphatic carbocycles. The third-order valence-corrected chi connectivity index (χ3v) is 5.52. The molecular formula is C27H19NO. The van der Waals surface area contributed by atoms with Crippen LogP contribution in [0.25, 0.3) is 54.7 Å². The van der Waals surface area contributed by atoms with Gasteiger partial charge < -0.3 is 4.42 Å². The molecule has 2 aromatic heterocycles. The van der Waals surface area contributed by atoms with Gasteiger partial charge in [0, 0.05) is 30.8 Å². The van der Waals surface area contributed by atoms with E-state index in [-0.39, 0.29) is 11.1 Å². The highest BCUT2D eigenvalue weighted by Gasteiger charge is 2.16. The van der Waals surface area contributed by atoms with Gasteiger partial charge in [0.2, 0.25) is 0 Å². The molecule has 0 aliphatic heterocycles. The van der Waals surface area contributed by atoms with Crippen molar-refractivity contribution in [2.24, 2.45) is 0 Å². The molecule has 29 heavy (non-hydrogen) atoms. The summed E-state index contributed by atoms with van der Waals surface area (Å²) in [6, 6.07) is 22.2. The Morgan fingerprint density at radius 2 is 1.72 bits per heavy atom. The molecule has 6 aromatic rings. The summed E-state index contributed by atoms with van der Waals surface area (Å²) in [5, 5.41) is 5.36. The van der Waals surface area contributed by atoms with Crippen molar-refractivity contribution >= 4 is 43.5 Å². The van der Waals surface area contributed by atoms with Gasteiger partial charge in [-0.25, -0.2) is 0 Å². The largest absolute Gasteiger partial charge is 0.455 e. The van der Waals surface area contributed by atoms with Crippen LogP contribution in [-0.2, 0) is 0 Å². The minimum atomic E-state index is -2.36. The first kappa shape index (κ1) is 11.4. The molecule has 4 aromatic carbocycles. The smallest absolute Gasteiger partial charge is 0.145 e. The predicted octanol–water partition coefficient (Wildman–Crippen LogP) is 7.57. The Morgan fingerprint density at radius 1 is 0.793 bits per heavy atom. The van der Waals surface area contributed by atoms with E-state index in [4.69, 9.17) is 12.6 Å².